The molecule has 1 fully saturated rings. The molecule has 0 aromatic carbocycles. The number of nitrogens with one attached hydrogen (secondary N) is 3. The van der Waals surface area contributed by atoms with Crippen LogP contribution in [0.1, 0.15) is 20.3 Å². The van der Waals surface area contributed by atoms with E-state index in [9.17, 15) is 9.18 Å². The number of rotatable bonds is 5. The molecule has 5 N–H and O–H groups in total. The zero-order chi connectivity index (χ0) is 16.0. The van der Waals surface area contributed by atoms with Gasteiger partial charge in [0.15, 0.2) is 0 Å². The van der Waals surface area contributed by atoms with Crippen molar-refractivity contribution in [3.05, 3.63) is 22.7 Å². The van der Waals surface area contributed by atoms with Gasteiger partial charge in [-0.15, -0.1) is 0 Å². The van der Waals surface area contributed by atoms with Gasteiger partial charge in [0.1, 0.15) is 12.0 Å². The molecule has 1 rings (SSSR count). The molecule has 0 saturated carbocycles. The van der Waals surface area contributed by atoms with Crippen molar-refractivity contribution in [2.75, 3.05) is 20.1 Å². The maximum absolute atomic E-state index is 14.0. The molecule has 1 aliphatic heterocycles. The van der Waals surface area contributed by atoms with Crippen molar-refractivity contribution in [1.29, 1.82) is 0 Å². The molecule has 0 radical (unpaired) electrons. The zero-order valence-electron chi connectivity index (χ0n) is 12.8. The van der Waals surface area contributed by atoms with Crippen molar-refractivity contribution >= 4 is 12.6 Å². The van der Waals surface area contributed by atoms with E-state index >= 15 is 0 Å². The van der Waals surface area contributed by atoms with Gasteiger partial charge < -0.3 is 21.7 Å². The summed E-state index contributed by atoms with van der Waals surface area (Å²) < 4.78 is 14.0. The number of carbonyl (C=O) groups is 1. The molecule has 21 heavy (non-hydrogen) atoms. The average molecular weight is 297 g/mol. The second-order valence-corrected chi connectivity index (χ2v) is 5.01. The first kappa shape index (κ1) is 17.2. The number of amides is 1. The number of halogens is 1. The van der Waals surface area contributed by atoms with Gasteiger partial charge >= 0.3 is 0 Å². The number of piperidine rings is 1. The van der Waals surface area contributed by atoms with Gasteiger partial charge in [0.05, 0.1) is 6.04 Å². The normalized spacial score (nSPS) is 24.6. The molecule has 118 valence electrons. The van der Waals surface area contributed by atoms with Crippen LogP contribution in [-0.4, -0.2) is 45.0 Å². The highest BCUT2D eigenvalue weighted by Gasteiger charge is 2.26. The highest BCUT2D eigenvalue weighted by Crippen LogP contribution is 2.18. The highest BCUT2D eigenvalue weighted by atomic mass is 19.1. The van der Waals surface area contributed by atoms with Crippen LogP contribution in [0.25, 0.3) is 0 Å². The number of nitrogens with zero attached hydrogens (tertiary/aromatic N) is 1. The Kier molecular flexibility index (Phi) is 6.36. The minimum atomic E-state index is -1.03. The van der Waals surface area contributed by atoms with Gasteiger partial charge in [-0.2, -0.15) is 0 Å². The fourth-order valence-electron chi connectivity index (χ4n) is 2.21. The molecule has 0 bridgehead atoms. The van der Waals surface area contributed by atoms with Gasteiger partial charge in [-0.1, -0.05) is 0 Å². The molecular weight excluding hydrogens is 273 g/mol. The summed E-state index contributed by atoms with van der Waals surface area (Å²) in [5.41, 5.74) is 7.30. The third-order valence-electron chi connectivity index (χ3n) is 3.61. The lowest BCUT2D eigenvalue weighted by molar-refractivity contribution is -0.117. The van der Waals surface area contributed by atoms with Gasteiger partial charge in [0.25, 0.3) is 0 Å². The monoisotopic (exact) mass is 297 g/mol. The summed E-state index contributed by atoms with van der Waals surface area (Å²) in [5, 5.41) is 8.66. The van der Waals surface area contributed by atoms with Crippen LogP contribution < -0.4 is 21.7 Å². The van der Waals surface area contributed by atoms with Crippen LogP contribution in [0.15, 0.2) is 27.7 Å². The minimum absolute atomic E-state index is 0.213. The molecule has 1 heterocycles. The van der Waals surface area contributed by atoms with Gasteiger partial charge in [-0.05, 0) is 33.5 Å². The summed E-state index contributed by atoms with van der Waals surface area (Å²) in [4.78, 5) is 15.6. The van der Waals surface area contributed by atoms with E-state index in [1.54, 1.807) is 20.9 Å². The predicted molar refractivity (Wildman–Crippen MR) is 82.5 cm³/mol. The molecule has 0 aromatic rings. The molecule has 0 aromatic heterocycles. The van der Waals surface area contributed by atoms with Crippen LogP contribution >= 0.6 is 0 Å². The van der Waals surface area contributed by atoms with E-state index in [1.807, 2.05) is 0 Å². The van der Waals surface area contributed by atoms with Crippen molar-refractivity contribution in [2.24, 2.45) is 10.7 Å². The van der Waals surface area contributed by atoms with Gasteiger partial charge in [0, 0.05) is 30.4 Å². The molecule has 1 saturated heterocycles. The molecule has 6 nitrogen and oxygen atoms in total. The summed E-state index contributed by atoms with van der Waals surface area (Å²) in [7, 11) is 1.54. The molecule has 0 aliphatic carbocycles. The van der Waals surface area contributed by atoms with Crippen LogP contribution in [0.4, 0.5) is 4.39 Å². The fourth-order valence-corrected chi connectivity index (χ4v) is 2.21. The SMILES string of the molecule is C=N/C(N)=C(C)\C(N[C@@H]1CCNC[C@@H]1F)=C(/C)C(=O)NC. The maximum Gasteiger partial charge on any atom is 0.248 e. The Morgan fingerprint density at radius 3 is 2.62 bits per heavy atom. The summed E-state index contributed by atoms with van der Waals surface area (Å²) in [5.74, 6) is -0.0387. The number of hydrogen-bond acceptors (Lipinski definition) is 5. The van der Waals surface area contributed by atoms with Crippen LogP contribution in [0.3, 0.4) is 0 Å². The second-order valence-electron chi connectivity index (χ2n) is 5.01. The third kappa shape index (κ3) is 4.29. The van der Waals surface area contributed by atoms with Crippen LogP contribution in [0.5, 0.6) is 0 Å². The average Bonchev–Trinajstić information content (AvgIpc) is 2.51. The highest BCUT2D eigenvalue weighted by molar-refractivity contribution is 5.94. The molecule has 2 atom stereocenters. The fraction of sp³-hybridized carbons (Fsp3) is 0.571. The van der Waals surface area contributed by atoms with Gasteiger partial charge in [-0.25, -0.2) is 9.38 Å². The van der Waals surface area contributed by atoms with Crippen molar-refractivity contribution in [3.8, 4) is 0 Å². The van der Waals surface area contributed by atoms with E-state index in [4.69, 9.17) is 5.73 Å². The quantitative estimate of drug-likeness (QED) is 0.331. The lowest BCUT2D eigenvalue weighted by Crippen LogP contribution is -2.49. The topological polar surface area (TPSA) is 91.5 Å². The Balaban J connectivity index is 3.14. The van der Waals surface area contributed by atoms with E-state index in [0.29, 0.717) is 29.8 Å². The summed E-state index contributed by atoms with van der Waals surface area (Å²) >= 11 is 0. The Morgan fingerprint density at radius 1 is 1.43 bits per heavy atom. The molecule has 7 heteroatoms. The lowest BCUT2D eigenvalue weighted by atomic mass is 10.0. The Morgan fingerprint density at radius 2 is 2.10 bits per heavy atom. The maximum atomic E-state index is 14.0. The molecule has 0 spiro atoms. The molecule has 0 unspecified atom stereocenters. The van der Waals surface area contributed by atoms with E-state index in [-0.39, 0.29) is 17.8 Å². The molecule has 1 amide bonds. The van der Waals surface area contributed by atoms with Gasteiger partial charge in [0.2, 0.25) is 5.91 Å². The van der Waals surface area contributed by atoms with Crippen LogP contribution in [-0.2, 0) is 4.79 Å². The predicted octanol–water partition coefficient (Wildman–Crippen LogP) is 0.187. The van der Waals surface area contributed by atoms with E-state index in [1.165, 1.54) is 0 Å². The van der Waals surface area contributed by atoms with Crippen molar-refractivity contribution in [1.82, 2.24) is 16.0 Å². The van der Waals surface area contributed by atoms with E-state index < -0.39 is 6.17 Å². The Bertz CT molecular complexity index is 472. The number of hydrogen-bond donors (Lipinski definition) is 4. The summed E-state index contributed by atoms with van der Waals surface area (Å²) in [6, 6.07) is -0.367. The Hall–Kier alpha value is -1.89. The lowest BCUT2D eigenvalue weighted by Gasteiger charge is -2.30. The second kappa shape index (κ2) is 7.78. The number of alkyl halides is 1. The Labute approximate surface area is 124 Å². The van der Waals surface area contributed by atoms with Crippen LogP contribution in [0.2, 0.25) is 0 Å². The smallest absolute Gasteiger partial charge is 0.248 e. The van der Waals surface area contributed by atoms with Crippen molar-refractivity contribution in [3.63, 3.8) is 0 Å². The third-order valence-corrected chi connectivity index (χ3v) is 3.61. The molecule has 1 aliphatic rings. The van der Waals surface area contributed by atoms with Gasteiger partial charge in [-0.3, -0.25) is 4.79 Å². The number of nitrogens with two attached hydrogens (primary N) is 1. The van der Waals surface area contributed by atoms with Crippen LogP contribution in [0, 0.1) is 0 Å². The number of likely N-dealkylation sites (N-methyl/N-ethyl adjacent to an activating group) is 1. The largest absolute Gasteiger partial charge is 0.383 e. The van der Waals surface area contributed by atoms with E-state index in [0.717, 1.165) is 6.54 Å². The first-order chi connectivity index (χ1) is 9.92. The summed E-state index contributed by atoms with van der Waals surface area (Å²) in [6.07, 6.45) is -0.405. The van der Waals surface area contributed by atoms with Crippen molar-refractivity contribution in [2.45, 2.75) is 32.5 Å². The zero-order valence-corrected chi connectivity index (χ0v) is 12.8. The number of aliphatic imine (C=N–C) groups is 1. The first-order valence-corrected chi connectivity index (χ1v) is 6.90. The number of carbonyl (C=O) groups excluding carboxylic acids is 1. The standard InChI is InChI=1S/C14H24FN5O/c1-8(13(16)17-3)12(9(2)14(21)18-4)20-11-5-6-19-7-10(11)15/h10-11,19-20H,3,5-7,16H2,1-2,4H3,(H,18,21)/b12-9-,13-8-/t10-,11+/m0/s1. The summed E-state index contributed by atoms with van der Waals surface area (Å²) in [6.45, 7) is 7.79. The molecular formula is C14H24FN5O. The minimum Gasteiger partial charge on any atom is -0.383 e. The number of allylic oxidation sites excluding steroid dienone is 1. The first-order valence-electron chi connectivity index (χ1n) is 6.90. The van der Waals surface area contributed by atoms with Crippen molar-refractivity contribution < 1.29 is 9.18 Å². The van der Waals surface area contributed by atoms with E-state index in [2.05, 4.69) is 27.7 Å².